The van der Waals surface area contributed by atoms with Crippen LogP contribution < -0.4 is 0 Å². The van der Waals surface area contributed by atoms with E-state index < -0.39 is 15.9 Å². The molecule has 1 aromatic heterocycles. The minimum atomic E-state index is -2.46. The molecule has 4 nitrogen and oxygen atoms in total. The van der Waals surface area contributed by atoms with Crippen molar-refractivity contribution in [2.75, 3.05) is 11.5 Å². The van der Waals surface area contributed by atoms with Gasteiger partial charge in [0.05, 0.1) is 0 Å². The number of hydrogen-bond donors (Lipinski definition) is 2. The van der Waals surface area contributed by atoms with Gasteiger partial charge in [-0.1, -0.05) is 12.8 Å². The lowest BCUT2D eigenvalue weighted by Gasteiger charge is -2.18. The highest BCUT2D eigenvalue weighted by molar-refractivity contribution is 8.02. The van der Waals surface area contributed by atoms with E-state index in [0.29, 0.717) is 16.6 Å². The second-order valence-corrected chi connectivity index (χ2v) is 7.31. The Morgan fingerprint density at radius 1 is 1.19 bits per heavy atom. The van der Waals surface area contributed by atoms with Crippen LogP contribution in [0.4, 0.5) is 0 Å². The van der Waals surface area contributed by atoms with Gasteiger partial charge in [0.25, 0.3) is 0 Å². The minimum Gasteiger partial charge on any atom is -0.475 e. The average Bonchev–Trinajstić information content (AvgIpc) is 2.64. The fraction of sp³-hybridized carbons (Fsp3) is 0.545. The highest BCUT2D eigenvalue weighted by atomic mass is 32.2. The molecule has 0 aliphatic carbocycles. The molecule has 0 radical (unpaired) electrons. The third kappa shape index (κ3) is 2.19. The quantitative estimate of drug-likeness (QED) is 0.780. The van der Waals surface area contributed by atoms with E-state index in [0.717, 1.165) is 25.7 Å². The van der Waals surface area contributed by atoms with Crippen molar-refractivity contribution in [3.05, 3.63) is 17.9 Å². The van der Waals surface area contributed by atoms with E-state index in [1.807, 2.05) is 0 Å². The van der Waals surface area contributed by atoms with Crippen molar-refractivity contribution in [1.29, 1.82) is 0 Å². The number of thiol groups is 1. The van der Waals surface area contributed by atoms with Crippen LogP contribution in [-0.2, 0) is 9.93 Å². The molecule has 1 N–H and O–H groups in total. The van der Waals surface area contributed by atoms with Gasteiger partial charge in [-0.3, -0.25) is 4.21 Å². The summed E-state index contributed by atoms with van der Waals surface area (Å²) in [5.74, 6) is 0.0845. The van der Waals surface area contributed by atoms with Gasteiger partial charge < -0.3 is 9.52 Å². The summed E-state index contributed by atoms with van der Waals surface area (Å²) in [5, 5.41) is 9.15. The molecule has 1 aromatic rings. The first kappa shape index (κ1) is 11.4. The first-order valence-electron chi connectivity index (χ1n) is 5.54. The van der Waals surface area contributed by atoms with Gasteiger partial charge in [0.15, 0.2) is 5.09 Å². The Hall–Kier alpha value is -1.10. The average molecular weight is 244 g/mol. The zero-order valence-corrected chi connectivity index (χ0v) is 9.91. The summed E-state index contributed by atoms with van der Waals surface area (Å²) in [7, 11) is -2.46. The molecule has 1 aliphatic heterocycles. The highest BCUT2D eigenvalue weighted by Gasteiger charge is 2.24. The molecule has 0 bridgehead atoms. The summed E-state index contributed by atoms with van der Waals surface area (Å²) < 4.78 is 17.8. The van der Waals surface area contributed by atoms with Crippen LogP contribution in [0.5, 0.6) is 0 Å². The third-order valence-electron chi connectivity index (χ3n) is 2.99. The predicted molar refractivity (Wildman–Crippen MR) is 61.7 cm³/mol. The van der Waals surface area contributed by atoms with Crippen molar-refractivity contribution in [3.63, 3.8) is 0 Å². The van der Waals surface area contributed by atoms with Crippen molar-refractivity contribution in [1.82, 2.24) is 0 Å². The van der Waals surface area contributed by atoms with Gasteiger partial charge in [0.1, 0.15) is 0 Å². The van der Waals surface area contributed by atoms with Crippen LogP contribution in [0.2, 0.25) is 0 Å². The molecule has 0 spiro atoms. The van der Waals surface area contributed by atoms with Gasteiger partial charge in [0, 0.05) is 11.5 Å². The SMILES string of the molecule is O=C(O)c1ccc([SH]2(=O)CCCCCC2)o1. The van der Waals surface area contributed by atoms with E-state index in [-0.39, 0.29) is 5.76 Å². The fourth-order valence-corrected chi connectivity index (χ4v) is 4.83. The van der Waals surface area contributed by atoms with Crippen molar-refractivity contribution < 1.29 is 18.5 Å². The van der Waals surface area contributed by atoms with Crippen LogP contribution >= 0.6 is 0 Å². The molecule has 1 saturated heterocycles. The first-order valence-corrected chi connectivity index (χ1v) is 7.61. The Bertz CT molecular complexity index is 423. The molecule has 0 saturated carbocycles. The van der Waals surface area contributed by atoms with Crippen molar-refractivity contribution in [3.8, 4) is 0 Å². The molecule has 0 unspecified atom stereocenters. The number of carboxylic acid groups (broad SMARTS) is 1. The van der Waals surface area contributed by atoms with Crippen LogP contribution in [-0.4, -0.2) is 26.8 Å². The van der Waals surface area contributed by atoms with E-state index >= 15 is 0 Å². The van der Waals surface area contributed by atoms with Gasteiger partial charge in [-0.05, 0) is 34.9 Å². The zero-order chi connectivity index (χ0) is 11.6. The number of furan rings is 1. The van der Waals surface area contributed by atoms with Crippen molar-refractivity contribution in [2.24, 2.45) is 0 Å². The first-order chi connectivity index (χ1) is 7.62. The number of carboxylic acids is 1. The number of rotatable bonds is 2. The molecule has 16 heavy (non-hydrogen) atoms. The fourth-order valence-electron chi connectivity index (χ4n) is 2.08. The van der Waals surface area contributed by atoms with Gasteiger partial charge >= 0.3 is 5.97 Å². The topological polar surface area (TPSA) is 67.5 Å². The molecule has 5 heteroatoms. The van der Waals surface area contributed by atoms with Crippen LogP contribution in [0, 0.1) is 0 Å². The summed E-state index contributed by atoms with van der Waals surface area (Å²) in [4.78, 5) is 10.7. The second kappa shape index (κ2) is 4.41. The Balaban J connectivity index is 2.26. The Labute approximate surface area is 95.1 Å². The Morgan fingerprint density at radius 3 is 2.31 bits per heavy atom. The molecular formula is C11H16O4S. The Kier molecular flexibility index (Phi) is 3.14. The summed E-state index contributed by atoms with van der Waals surface area (Å²) >= 11 is 0. The lowest BCUT2D eigenvalue weighted by molar-refractivity contribution is 0.0656. The van der Waals surface area contributed by atoms with Crippen LogP contribution in [0.3, 0.4) is 0 Å². The lowest BCUT2D eigenvalue weighted by atomic mass is 10.2. The normalized spacial score (nSPS) is 22.2. The maximum atomic E-state index is 12.6. The summed E-state index contributed by atoms with van der Waals surface area (Å²) in [5.41, 5.74) is 0. The number of aromatic carboxylic acids is 1. The van der Waals surface area contributed by atoms with E-state index in [2.05, 4.69) is 0 Å². The van der Waals surface area contributed by atoms with Gasteiger partial charge in [-0.2, -0.15) is 0 Å². The maximum Gasteiger partial charge on any atom is 0.371 e. The van der Waals surface area contributed by atoms with Crippen LogP contribution in [0.1, 0.15) is 36.2 Å². The van der Waals surface area contributed by atoms with Gasteiger partial charge in [-0.25, -0.2) is 4.79 Å². The van der Waals surface area contributed by atoms with E-state index in [4.69, 9.17) is 9.52 Å². The van der Waals surface area contributed by atoms with Crippen LogP contribution in [0.15, 0.2) is 21.6 Å². The molecule has 0 aromatic carbocycles. The molecular weight excluding hydrogens is 228 g/mol. The monoisotopic (exact) mass is 244 g/mol. The third-order valence-corrected chi connectivity index (χ3v) is 6.11. The largest absolute Gasteiger partial charge is 0.475 e. The summed E-state index contributed by atoms with van der Waals surface area (Å²) in [6, 6.07) is 2.96. The molecule has 2 heterocycles. The van der Waals surface area contributed by atoms with Crippen molar-refractivity contribution >= 4 is 15.9 Å². The highest BCUT2D eigenvalue weighted by Crippen LogP contribution is 2.27. The second-order valence-electron chi connectivity index (χ2n) is 4.19. The van der Waals surface area contributed by atoms with Crippen LogP contribution in [0.25, 0.3) is 0 Å². The standard InChI is InChI=1S/C11H16O4S/c12-11(13)9-5-6-10(15-9)16(14)7-3-1-2-4-8-16/h5-6,16H,1-4,7-8H2,(H,12,13). The lowest BCUT2D eigenvalue weighted by Crippen LogP contribution is -2.19. The van der Waals surface area contributed by atoms with Gasteiger partial charge in [0.2, 0.25) is 5.76 Å². The van der Waals surface area contributed by atoms with E-state index in [1.165, 1.54) is 6.07 Å². The minimum absolute atomic E-state index is 0.116. The molecule has 1 aliphatic rings. The summed E-state index contributed by atoms with van der Waals surface area (Å²) in [6.45, 7) is 0. The molecule has 1 fully saturated rings. The predicted octanol–water partition coefficient (Wildman–Crippen LogP) is 1.93. The molecule has 90 valence electrons. The molecule has 0 amide bonds. The van der Waals surface area contributed by atoms with E-state index in [9.17, 15) is 9.00 Å². The maximum absolute atomic E-state index is 12.6. The van der Waals surface area contributed by atoms with Gasteiger partial charge in [-0.15, -0.1) is 0 Å². The number of carbonyl (C=O) groups is 1. The molecule has 2 rings (SSSR count). The number of hydrogen-bond acceptors (Lipinski definition) is 3. The Morgan fingerprint density at radius 2 is 1.81 bits per heavy atom. The van der Waals surface area contributed by atoms with Crippen molar-refractivity contribution in [2.45, 2.75) is 30.8 Å². The van der Waals surface area contributed by atoms with E-state index in [1.54, 1.807) is 6.07 Å². The molecule has 0 atom stereocenters. The zero-order valence-electron chi connectivity index (χ0n) is 9.02. The summed E-state index contributed by atoms with van der Waals surface area (Å²) in [6.07, 6.45) is 4.10. The smallest absolute Gasteiger partial charge is 0.371 e.